The van der Waals surface area contributed by atoms with Crippen molar-refractivity contribution in [1.29, 1.82) is 0 Å². The fourth-order valence-corrected chi connectivity index (χ4v) is 9.90. The summed E-state index contributed by atoms with van der Waals surface area (Å²) in [4.78, 5) is 71.0. The van der Waals surface area contributed by atoms with Gasteiger partial charge < -0.3 is 17.6 Å². The van der Waals surface area contributed by atoms with E-state index in [2.05, 4.69) is 158 Å². The van der Waals surface area contributed by atoms with Crippen LogP contribution in [0.25, 0.3) is 83.0 Å². The molecule has 34 heteroatoms. The van der Waals surface area contributed by atoms with Crippen LogP contribution in [0.1, 0.15) is 152 Å². The Kier molecular flexibility index (Phi) is 55.7. The molecular formula is C95H124N34. The molecule has 674 valence electrons. The molecule has 24 rings (SSSR count). The van der Waals surface area contributed by atoms with E-state index in [0.717, 1.165) is 61.5 Å². The highest BCUT2D eigenvalue weighted by molar-refractivity contribution is 5.93. The van der Waals surface area contributed by atoms with E-state index in [0.29, 0.717) is 0 Å². The largest absolute Gasteiger partial charge is 0.307 e. The van der Waals surface area contributed by atoms with Gasteiger partial charge in [0.05, 0.1) is 115 Å². The molecule has 22 aromatic heterocycles. The minimum atomic E-state index is 0.775. The van der Waals surface area contributed by atoms with Gasteiger partial charge >= 0.3 is 0 Å². The number of hydrogen-bond donors (Lipinski definition) is 0. The molecule has 0 aliphatic heterocycles. The minimum absolute atomic E-state index is 0.775. The molecule has 0 fully saturated rings. The van der Waals surface area contributed by atoms with Crippen LogP contribution in [0.5, 0.6) is 0 Å². The second-order valence-electron chi connectivity index (χ2n) is 21.9. The fourth-order valence-electron chi connectivity index (χ4n) is 9.90. The second kappa shape index (κ2) is 67.2. The molecule has 129 heavy (non-hydrogen) atoms. The summed E-state index contributed by atoms with van der Waals surface area (Å²) in [5.41, 5.74) is 10.5. The normalized spacial score (nSPS) is 9.16. The maximum atomic E-state index is 4.31. The van der Waals surface area contributed by atoms with Crippen molar-refractivity contribution in [2.45, 2.75) is 152 Å². The van der Waals surface area contributed by atoms with Gasteiger partial charge in [-0.2, -0.15) is 20.4 Å². The van der Waals surface area contributed by atoms with Crippen LogP contribution in [-0.2, 0) is 0 Å². The molecule has 2 aromatic carbocycles. The average molecular weight is 1740 g/mol. The lowest BCUT2D eigenvalue weighted by atomic mass is 10.2. The van der Waals surface area contributed by atoms with Crippen molar-refractivity contribution in [3.63, 3.8) is 0 Å². The fraction of sp³-hybridized carbons (Fsp3) is 0.232. The van der Waals surface area contributed by atoms with E-state index in [-0.39, 0.29) is 0 Å². The summed E-state index contributed by atoms with van der Waals surface area (Å²) in [6.07, 6.45) is 71.8. The van der Waals surface area contributed by atoms with E-state index in [1.54, 1.807) is 203 Å². The summed E-state index contributed by atoms with van der Waals surface area (Å²) in [5.74, 6) is 0. The Morgan fingerprint density at radius 2 is 0.682 bits per heavy atom. The van der Waals surface area contributed by atoms with E-state index in [1.807, 2.05) is 301 Å². The molecule has 0 saturated carbocycles. The number of benzene rings is 2. The molecule has 0 unspecified atom stereocenters. The molecule has 22 heterocycles. The van der Waals surface area contributed by atoms with Crippen molar-refractivity contribution < 1.29 is 0 Å². The van der Waals surface area contributed by atoms with E-state index >= 15 is 0 Å². The number of fused-ring (bicyclic) bond motifs is 14. The van der Waals surface area contributed by atoms with Gasteiger partial charge in [-0.15, -0.1) is 5.10 Å². The number of imidazole rings is 11. The average Bonchev–Trinajstić information content (AvgIpc) is 1.70. The van der Waals surface area contributed by atoms with Crippen molar-refractivity contribution in [1.82, 2.24) is 164 Å². The number of aromatic nitrogens is 34. The molecule has 0 amide bonds. The second-order valence-corrected chi connectivity index (χ2v) is 21.9. The lowest BCUT2D eigenvalue weighted by Crippen LogP contribution is -1.88. The Morgan fingerprint density at radius 3 is 1.35 bits per heavy atom. The van der Waals surface area contributed by atoms with Crippen molar-refractivity contribution in [2.75, 3.05) is 0 Å². The van der Waals surface area contributed by atoms with Crippen LogP contribution in [-0.4, -0.2) is 164 Å². The standard InChI is InChI=1S/2C11H8N2.C7H6N2.4C6H5N3.4C5H4N4.11C2H6/c1-2-4-10-9(3-1)5-7-13-8-6-12-11(10)13;1-2-4-10-8-13-6-5-12-11(13)7-9(10)3-1;1-2-4-9-6-8-5-7(9)3-1;1-2-9-5-8-4-6(9)3-7-1;1-2-7-4-9-5-8-3-6(1)9;1-2-8-6-4-7-5-9(6)3-1;1-2-6-4-7-5-9(6)8-3-1;1-5-8-2-7-4-9(5)3-6-1;1-5-2-7-4-9(5)8-3-6-1;1-2-9-4-6-3-5(9)8-7-1;1-2-8-9-4-6-3-5(9)7-1;11*1-2/h2*1-8H;1-6H;4*1-5H;4*1-4H;11*1-2H3. The van der Waals surface area contributed by atoms with Crippen molar-refractivity contribution in [3.8, 4) is 0 Å². The van der Waals surface area contributed by atoms with Gasteiger partial charge in [-0.3, -0.25) is 22.6 Å². The predicted molar refractivity (Wildman–Crippen MR) is 520 cm³/mol. The van der Waals surface area contributed by atoms with E-state index in [4.69, 9.17) is 0 Å². The lowest BCUT2D eigenvalue weighted by Gasteiger charge is -1.98. The molecule has 0 aliphatic carbocycles. The van der Waals surface area contributed by atoms with Crippen LogP contribution in [0.3, 0.4) is 0 Å². The predicted octanol–water partition coefficient (Wildman–Crippen LogP) is 21.0. The quantitative estimate of drug-likeness (QED) is 0.136. The van der Waals surface area contributed by atoms with E-state index in [1.165, 1.54) is 34.2 Å². The molecule has 0 radical (unpaired) electrons. The summed E-state index contributed by atoms with van der Waals surface area (Å²) < 4.78 is 20.2. The molecule has 34 nitrogen and oxygen atoms in total. The van der Waals surface area contributed by atoms with Gasteiger partial charge in [0.1, 0.15) is 86.4 Å². The Hall–Kier alpha value is -16.3. The molecule has 0 atom stereocenters. The van der Waals surface area contributed by atoms with Crippen LogP contribution >= 0.6 is 0 Å². The Bertz CT molecular complexity index is 5450. The molecule has 0 N–H and O–H groups in total. The highest BCUT2D eigenvalue weighted by Crippen LogP contribution is 2.18. The number of hydrogen-bond acceptors (Lipinski definition) is 23. The first-order valence-electron chi connectivity index (χ1n) is 43.3. The number of rotatable bonds is 0. The molecule has 0 saturated heterocycles. The van der Waals surface area contributed by atoms with Crippen molar-refractivity contribution in [3.05, 3.63) is 359 Å². The van der Waals surface area contributed by atoms with Crippen LogP contribution in [0.4, 0.5) is 0 Å². The summed E-state index contributed by atoms with van der Waals surface area (Å²) in [7, 11) is 0. The zero-order valence-electron chi connectivity index (χ0n) is 78.2. The summed E-state index contributed by atoms with van der Waals surface area (Å²) in [6, 6.07) is 34.4. The van der Waals surface area contributed by atoms with Gasteiger partial charge in [-0.05, 0) is 64.7 Å². The molecule has 0 bridgehead atoms. The van der Waals surface area contributed by atoms with Crippen LogP contribution < -0.4 is 0 Å². The van der Waals surface area contributed by atoms with Gasteiger partial charge in [0.25, 0.3) is 0 Å². The number of pyridine rings is 3. The first kappa shape index (κ1) is 107. The van der Waals surface area contributed by atoms with Gasteiger partial charge in [0.15, 0.2) is 22.6 Å². The molecular weight excluding hydrogens is 1620 g/mol. The van der Waals surface area contributed by atoms with Gasteiger partial charge in [-0.25, -0.2) is 98.3 Å². The highest BCUT2D eigenvalue weighted by Gasteiger charge is 2.01. The Balaban J connectivity index is 0.000000359. The molecule has 0 spiro atoms. The smallest absolute Gasteiger partial charge is 0.179 e. The van der Waals surface area contributed by atoms with E-state index in [9.17, 15) is 0 Å². The van der Waals surface area contributed by atoms with Gasteiger partial charge in [0, 0.05) is 98.3 Å². The zero-order valence-corrected chi connectivity index (χ0v) is 78.2. The number of nitrogens with zero attached hydrogens (tertiary/aromatic N) is 34. The first-order chi connectivity index (χ1) is 64.1. The van der Waals surface area contributed by atoms with E-state index < -0.39 is 0 Å². The Morgan fingerprint density at radius 1 is 0.209 bits per heavy atom. The maximum absolute atomic E-state index is 4.31. The summed E-state index contributed by atoms with van der Waals surface area (Å²) >= 11 is 0. The lowest BCUT2D eigenvalue weighted by molar-refractivity contribution is 0.892. The third kappa shape index (κ3) is 35.1. The zero-order chi connectivity index (χ0) is 94.3. The monoisotopic (exact) mass is 1740 g/mol. The minimum Gasteiger partial charge on any atom is -0.307 e. The van der Waals surface area contributed by atoms with Crippen LogP contribution in [0, 0.1) is 0 Å². The van der Waals surface area contributed by atoms with Crippen LogP contribution in [0.2, 0.25) is 0 Å². The van der Waals surface area contributed by atoms with Gasteiger partial charge in [-0.1, -0.05) is 207 Å². The summed E-state index contributed by atoms with van der Waals surface area (Å²) in [6.45, 7) is 44.0. The van der Waals surface area contributed by atoms with Gasteiger partial charge in [0.2, 0.25) is 0 Å². The topological polar surface area (TPSA) is 345 Å². The SMILES string of the molecule is CC.CC.CC.CC.CC.CC.CC.CC.CC.CC.CC.c1cc2cncn2cn1.c1ccc2c(c1)ccn1ccnc21.c1ccc2cn3ccnc3cc2c1.c1ccn2cncc2c1.c1cn2cncc2cn1.c1cn2cncc2nn1.c1cnc2cncn2c1.c1cnn2cncc2c1.c1cnn2cncc2n1.c1ncc2cncn2n1.c1ncn2cncc2n1. The van der Waals surface area contributed by atoms with Crippen molar-refractivity contribution >= 4 is 83.0 Å². The highest BCUT2D eigenvalue weighted by atomic mass is 15.3. The molecule has 24 aromatic rings. The van der Waals surface area contributed by atoms with Crippen molar-refractivity contribution in [2.24, 2.45) is 0 Å². The Labute approximate surface area is 754 Å². The first-order valence-corrected chi connectivity index (χ1v) is 43.3. The third-order valence-electron chi connectivity index (χ3n) is 15.0. The van der Waals surface area contributed by atoms with Crippen LogP contribution in [0.15, 0.2) is 359 Å². The molecule has 0 aliphatic rings. The summed E-state index contributed by atoms with van der Waals surface area (Å²) in [5, 5.41) is 24.2. The third-order valence-corrected chi connectivity index (χ3v) is 15.0. The maximum Gasteiger partial charge on any atom is 0.179 e.